The van der Waals surface area contributed by atoms with Crippen LogP contribution in [-0.4, -0.2) is 5.91 Å². The lowest BCUT2D eigenvalue weighted by atomic mass is 10.1. The zero-order valence-electron chi connectivity index (χ0n) is 10.5. The van der Waals surface area contributed by atoms with Crippen molar-refractivity contribution in [3.05, 3.63) is 57.3 Å². The molecule has 0 radical (unpaired) electrons. The summed E-state index contributed by atoms with van der Waals surface area (Å²) in [5, 5.41) is 2.84. The summed E-state index contributed by atoms with van der Waals surface area (Å²) in [6.07, 6.45) is 0. The van der Waals surface area contributed by atoms with Crippen LogP contribution in [-0.2, 0) is 0 Å². The summed E-state index contributed by atoms with van der Waals surface area (Å²) in [6, 6.07) is 7.30. The monoisotopic (exact) mass is 312 g/mol. The highest BCUT2D eigenvalue weighted by molar-refractivity contribution is 6.39. The summed E-state index contributed by atoms with van der Waals surface area (Å²) in [6.45, 7) is 1.70. The lowest BCUT2D eigenvalue weighted by molar-refractivity contribution is 0.102. The number of carbonyl (C=O) groups is 1. The maximum atomic E-state index is 13.7. The molecule has 0 aliphatic heterocycles. The molecule has 20 heavy (non-hydrogen) atoms. The number of rotatable bonds is 2. The first-order valence-electron chi connectivity index (χ1n) is 5.71. The largest absolute Gasteiger partial charge is 0.396 e. The third-order valence-corrected chi connectivity index (χ3v) is 3.43. The zero-order valence-corrected chi connectivity index (χ0v) is 12.0. The Kier molecular flexibility index (Phi) is 4.16. The number of anilines is 2. The predicted octanol–water partition coefficient (Wildman–Crippen LogP) is 4.28. The fourth-order valence-electron chi connectivity index (χ4n) is 1.69. The van der Waals surface area contributed by atoms with E-state index in [-0.39, 0.29) is 27.0 Å². The van der Waals surface area contributed by atoms with E-state index in [0.29, 0.717) is 5.56 Å². The van der Waals surface area contributed by atoms with Crippen LogP contribution in [0.25, 0.3) is 0 Å². The van der Waals surface area contributed by atoms with Crippen LogP contribution in [0.3, 0.4) is 0 Å². The third kappa shape index (κ3) is 2.86. The fraction of sp³-hybridized carbons (Fsp3) is 0.0714. The second-order valence-electron chi connectivity index (χ2n) is 4.24. The molecule has 0 saturated carbocycles. The molecule has 0 fully saturated rings. The standard InChI is InChI=1S/C14H11Cl2FN2O/c1-7-3-2-4-11(17)13(7)19-14(20)8-5-9(15)12(18)10(16)6-8/h2-6H,18H2,1H3,(H,19,20). The SMILES string of the molecule is Cc1cccc(F)c1NC(=O)c1cc(Cl)c(N)c(Cl)c1. The van der Waals surface area contributed by atoms with Crippen LogP contribution in [0, 0.1) is 12.7 Å². The van der Waals surface area contributed by atoms with Crippen LogP contribution in [0.5, 0.6) is 0 Å². The van der Waals surface area contributed by atoms with Gasteiger partial charge in [-0.05, 0) is 30.7 Å². The summed E-state index contributed by atoms with van der Waals surface area (Å²) in [5.74, 6) is -1.02. The molecule has 0 aliphatic rings. The van der Waals surface area contributed by atoms with Crippen LogP contribution >= 0.6 is 23.2 Å². The number of nitrogens with two attached hydrogens (primary N) is 1. The number of hydrogen-bond acceptors (Lipinski definition) is 2. The Morgan fingerprint density at radius 2 is 1.85 bits per heavy atom. The normalized spacial score (nSPS) is 10.4. The molecule has 2 rings (SSSR count). The number of benzene rings is 2. The number of nitrogens with one attached hydrogen (secondary N) is 1. The highest BCUT2D eigenvalue weighted by Gasteiger charge is 2.14. The Labute approximate surface area is 125 Å². The van der Waals surface area contributed by atoms with Crippen LogP contribution in [0.2, 0.25) is 10.0 Å². The first-order valence-corrected chi connectivity index (χ1v) is 6.46. The average molecular weight is 313 g/mol. The highest BCUT2D eigenvalue weighted by Crippen LogP contribution is 2.29. The Morgan fingerprint density at radius 3 is 2.40 bits per heavy atom. The molecule has 0 aliphatic carbocycles. The molecular weight excluding hydrogens is 302 g/mol. The van der Waals surface area contributed by atoms with Crippen LogP contribution in [0.4, 0.5) is 15.8 Å². The quantitative estimate of drug-likeness (QED) is 0.813. The van der Waals surface area contributed by atoms with Crippen LogP contribution < -0.4 is 11.1 Å². The average Bonchev–Trinajstić information content (AvgIpc) is 2.39. The van der Waals surface area contributed by atoms with Gasteiger partial charge in [0.1, 0.15) is 5.82 Å². The summed E-state index contributed by atoms with van der Waals surface area (Å²) < 4.78 is 13.7. The Bertz CT molecular complexity index is 646. The summed E-state index contributed by atoms with van der Waals surface area (Å²) in [4.78, 5) is 12.1. The third-order valence-electron chi connectivity index (χ3n) is 2.80. The van der Waals surface area contributed by atoms with Gasteiger partial charge in [-0.2, -0.15) is 0 Å². The number of hydrogen-bond donors (Lipinski definition) is 2. The van der Waals surface area contributed by atoms with Crippen molar-refractivity contribution >= 4 is 40.5 Å². The van der Waals surface area contributed by atoms with E-state index in [4.69, 9.17) is 28.9 Å². The topological polar surface area (TPSA) is 55.1 Å². The van der Waals surface area contributed by atoms with Crippen molar-refractivity contribution < 1.29 is 9.18 Å². The fourth-order valence-corrected chi connectivity index (χ4v) is 2.18. The summed E-state index contributed by atoms with van der Waals surface area (Å²) in [7, 11) is 0. The number of amides is 1. The number of halogens is 3. The van der Waals surface area contributed by atoms with Crippen molar-refractivity contribution in [1.29, 1.82) is 0 Å². The first-order chi connectivity index (χ1) is 9.40. The number of aryl methyl sites for hydroxylation is 1. The van der Waals surface area contributed by atoms with Gasteiger partial charge >= 0.3 is 0 Å². The van der Waals surface area contributed by atoms with E-state index in [0.717, 1.165) is 0 Å². The van der Waals surface area contributed by atoms with Gasteiger partial charge in [-0.1, -0.05) is 35.3 Å². The van der Waals surface area contributed by atoms with Crippen molar-refractivity contribution in [3.8, 4) is 0 Å². The Balaban J connectivity index is 2.34. The smallest absolute Gasteiger partial charge is 0.255 e. The minimum absolute atomic E-state index is 0.126. The minimum atomic E-state index is -0.512. The van der Waals surface area contributed by atoms with Gasteiger partial charge in [-0.25, -0.2) is 4.39 Å². The number of nitrogen functional groups attached to an aromatic ring is 1. The summed E-state index contributed by atoms with van der Waals surface area (Å²) >= 11 is 11.7. The molecule has 104 valence electrons. The number of carbonyl (C=O) groups excluding carboxylic acids is 1. The lowest BCUT2D eigenvalue weighted by Gasteiger charge is -2.10. The van der Waals surface area contributed by atoms with Gasteiger partial charge in [0.05, 0.1) is 21.4 Å². The molecule has 0 aromatic heterocycles. The van der Waals surface area contributed by atoms with Gasteiger partial charge in [0.15, 0.2) is 0 Å². The van der Waals surface area contributed by atoms with Crippen molar-refractivity contribution in [3.63, 3.8) is 0 Å². The molecule has 6 heteroatoms. The Hall–Kier alpha value is -1.78. The van der Waals surface area contributed by atoms with Gasteiger partial charge in [0, 0.05) is 5.56 Å². The van der Waals surface area contributed by atoms with E-state index in [1.165, 1.54) is 18.2 Å². The van der Waals surface area contributed by atoms with Gasteiger partial charge in [-0.15, -0.1) is 0 Å². The maximum absolute atomic E-state index is 13.7. The second-order valence-corrected chi connectivity index (χ2v) is 5.05. The lowest BCUT2D eigenvalue weighted by Crippen LogP contribution is -2.14. The van der Waals surface area contributed by atoms with Gasteiger partial charge in [0.2, 0.25) is 0 Å². The van der Waals surface area contributed by atoms with E-state index < -0.39 is 11.7 Å². The molecule has 1 amide bonds. The van der Waals surface area contributed by atoms with Gasteiger partial charge < -0.3 is 11.1 Å². The van der Waals surface area contributed by atoms with E-state index in [1.807, 2.05) is 0 Å². The highest BCUT2D eigenvalue weighted by atomic mass is 35.5. The zero-order chi connectivity index (χ0) is 14.9. The van der Waals surface area contributed by atoms with Gasteiger partial charge in [0.25, 0.3) is 5.91 Å². The van der Waals surface area contributed by atoms with E-state index in [9.17, 15) is 9.18 Å². The molecule has 3 N–H and O–H groups in total. The van der Waals surface area contributed by atoms with Crippen molar-refractivity contribution in [2.45, 2.75) is 6.92 Å². The predicted molar refractivity (Wildman–Crippen MR) is 80.0 cm³/mol. The number of para-hydroxylation sites is 1. The second kappa shape index (κ2) is 5.69. The molecule has 3 nitrogen and oxygen atoms in total. The molecule has 0 saturated heterocycles. The maximum Gasteiger partial charge on any atom is 0.255 e. The van der Waals surface area contributed by atoms with Crippen molar-refractivity contribution in [2.24, 2.45) is 0 Å². The van der Waals surface area contributed by atoms with Crippen LogP contribution in [0.1, 0.15) is 15.9 Å². The van der Waals surface area contributed by atoms with Gasteiger partial charge in [-0.3, -0.25) is 4.79 Å². The molecular formula is C14H11Cl2FN2O. The molecule has 0 unspecified atom stereocenters. The van der Waals surface area contributed by atoms with E-state index in [1.54, 1.807) is 19.1 Å². The molecule has 0 atom stereocenters. The Morgan fingerprint density at radius 1 is 1.25 bits per heavy atom. The molecule has 2 aromatic carbocycles. The summed E-state index contributed by atoms with van der Waals surface area (Å²) in [5.41, 5.74) is 6.75. The molecule has 0 bridgehead atoms. The van der Waals surface area contributed by atoms with E-state index in [2.05, 4.69) is 5.32 Å². The molecule has 2 aromatic rings. The van der Waals surface area contributed by atoms with Crippen molar-refractivity contribution in [1.82, 2.24) is 0 Å². The van der Waals surface area contributed by atoms with Crippen molar-refractivity contribution in [2.75, 3.05) is 11.1 Å². The minimum Gasteiger partial charge on any atom is -0.396 e. The van der Waals surface area contributed by atoms with E-state index >= 15 is 0 Å². The van der Waals surface area contributed by atoms with Crippen LogP contribution in [0.15, 0.2) is 30.3 Å². The first kappa shape index (κ1) is 14.6. The molecule has 0 heterocycles. The molecule has 0 spiro atoms.